The molecule has 1 aliphatic heterocycles. The first-order valence-electron chi connectivity index (χ1n) is 9.30. The molecule has 0 unspecified atom stereocenters. The van der Waals surface area contributed by atoms with E-state index in [2.05, 4.69) is 21.6 Å². The number of ether oxygens (including phenoxy) is 1. The van der Waals surface area contributed by atoms with Gasteiger partial charge in [-0.1, -0.05) is 12.1 Å². The third kappa shape index (κ3) is 2.82. The van der Waals surface area contributed by atoms with Crippen LogP contribution >= 0.6 is 11.3 Å². The Labute approximate surface area is 160 Å². The van der Waals surface area contributed by atoms with Gasteiger partial charge in [-0.3, -0.25) is 4.79 Å². The van der Waals surface area contributed by atoms with Crippen molar-refractivity contribution < 1.29 is 9.53 Å². The molecule has 0 atom stereocenters. The molecule has 2 aliphatic rings. The van der Waals surface area contributed by atoms with Gasteiger partial charge in [0, 0.05) is 18.4 Å². The zero-order valence-electron chi connectivity index (χ0n) is 14.9. The van der Waals surface area contributed by atoms with Gasteiger partial charge in [-0.2, -0.15) is 5.10 Å². The van der Waals surface area contributed by atoms with Crippen LogP contribution < -0.4 is 15.8 Å². The second-order valence-corrected chi connectivity index (χ2v) is 8.08. The fourth-order valence-corrected chi connectivity index (χ4v) is 4.94. The molecule has 0 saturated heterocycles. The second-order valence-electron chi connectivity index (χ2n) is 7.08. The minimum atomic E-state index is -0.156. The van der Waals surface area contributed by atoms with Crippen molar-refractivity contribution in [1.29, 1.82) is 0 Å². The Kier molecular flexibility index (Phi) is 3.97. The van der Waals surface area contributed by atoms with Gasteiger partial charge in [0.25, 0.3) is 5.91 Å². The third-order valence-electron chi connectivity index (χ3n) is 5.34. The number of carbonyl (C=O) groups is 1. The lowest BCUT2D eigenvalue weighted by Gasteiger charge is -2.14. The van der Waals surface area contributed by atoms with Gasteiger partial charge in [0.1, 0.15) is 15.5 Å². The Morgan fingerprint density at radius 1 is 1.22 bits per heavy atom. The normalized spacial score (nSPS) is 15.3. The Balaban J connectivity index is 1.40. The van der Waals surface area contributed by atoms with Crippen molar-refractivity contribution in [2.45, 2.75) is 38.6 Å². The van der Waals surface area contributed by atoms with Gasteiger partial charge in [0.05, 0.1) is 18.0 Å². The summed E-state index contributed by atoms with van der Waals surface area (Å²) in [6.07, 6.45) is 5.09. The fourth-order valence-electron chi connectivity index (χ4n) is 3.95. The lowest BCUT2D eigenvalue weighted by Crippen LogP contribution is -2.22. The molecule has 3 N–H and O–H groups in total. The van der Waals surface area contributed by atoms with Gasteiger partial charge in [0.15, 0.2) is 0 Å². The summed E-state index contributed by atoms with van der Waals surface area (Å²) < 4.78 is 5.53. The van der Waals surface area contributed by atoms with Gasteiger partial charge >= 0.3 is 0 Å². The molecule has 2 aromatic heterocycles. The summed E-state index contributed by atoms with van der Waals surface area (Å²) in [5.41, 5.74) is 11.4. The van der Waals surface area contributed by atoms with Crippen LogP contribution in [0.1, 0.15) is 44.9 Å². The van der Waals surface area contributed by atoms with E-state index in [4.69, 9.17) is 10.5 Å². The summed E-state index contributed by atoms with van der Waals surface area (Å²) in [5, 5.41) is 12.6. The Hall–Kier alpha value is -2.67. The van der Waals surface area contributed by atoms with E-state index in [0.29, 0.717) is 17.1 Å². The predicted octanol–water partition coefficient (Wildman–Crippen LogP) is 3.02. The van der Waals surface area contributed by atoms with Crippen LogP contribution in [0.2, 0.25) is 0 Å². The van der Waals surface area contributed by atoms with E-state index in [1.165, 1.54) is 22.5 Å². The molecule has 0 saturated carbocycles. The van der Waals surface area contributed by atoms with Crippen molar-refractivity contribution in [3.05, 3.63) is 45.5 Å². The van der Waals surface area contributed by atoms with E-state index in [1.54, 1.807) is 0 Å². The number of nitrogens with zero attached hydrogens (tertiary/aromatic N) is 2. The smallest absolute Gasteiger partial charge is 0.263 e. The average molecular weight is 380 g/mol. The van der Waals surface area contributed by atoms with Crippen molar-refractivity contribution in [1.82, 2.24) is 15.5 Å². The molecule has 27 heavy (non-hydrogen) atoms. The molecule has 138 valence electrons. The summed E-state index contributed by atoms with van der Waals surface area (Å²) in [7, 11) is 0. The zero-order chi connectivity index (χ0) is 18.4. The number of carbonyl (C=O) groups excluding carboxylic acids is 1. The molecule has 6 nitrogen and oxygen atoms in total. The number of aromatic nitrogens is 2. The first-order chi connectivity index (χ1) is 13.2. The highest BCUT2D eigenvalue weighted by molar-refractivity contribution is 7.21. The van der Waals surface area contributed by atoms with E-state index in [-0.39, 0.29) is 5.91 Å². The number of benzene rings is 1. The molecule has 3 aromatic rings. The van der Waals surface area contributed by atoms with Crippen LogP contribution in [-0.2, 0) is 25.8 Å². The van der Waals surface area contributed by atoms with Crippen LogP contribution in [0.5, 0.6) is 5.75 Å². The Morgan fingerprint density at radius 3 is 3.04 bits per heavy atom. The van der Waals surface area contributed by atoms with Crippen molar-refractivity contribution in [2.75, 3.05) is 12.3 Å². The molecule has 1 aliphatic carbocycles. The van der Waals surface area contributed by atoms with Crippen molar-refractivity contribution in [2.24, 2.45) is 0 Å². The highest BCUT2D eigenvalue weighted by atomic mass is 32.1. The van der Waals surface area contributed by atoms with Crippen molar-refractivity contribution in [3.8, 4) is 5.75 Å². The highest BCUT2D eigenvalue weighted by Crippen LogP contribution is 2.37. The van der Waals surface area contributed by atoms with E-state index in [0.717, 1.165) is 65.9 Å². The first-order valence-corrected chi connectivity index (χ1v) is 10.1. The van der Waals surface area contributed by atoms with Crippen LogP contribution in [0.15, 0.2) is 18.2 Å². The molecular weight excluding hydrogens is 360 g/mol. The van der Waals surface area contributed by atoms with Gasteiger partial charge in [-0.25, -0.2) is 0 Å². The maximum atomic E-state index is 12.8. The molecule has 0 spiro atoms. The quantitative estimate of drug-likeness (QED) is 0.729. The minimum Gasteiger partial charge on any atom is -0.493 e. The number of rotatable bonds is 3. The molecule has 0 fully saturated rings. The maximum absolute atomic E-state index is 12.8. The van der Waals surface area contributed by atoms with Crippen molar-refractivity contribution in [3.63, 3.8) is 0 Å². The second kappa shape index (κ2) is 6.49. The summed E-state index contributed by atoms with van der Waals surface area (Å²) in [6, 6.07) is 6.05. The number of thiophene rings is 1. The van der Waals surface area contributed by atoms with Crippen LogP contribution in [0.3, 0.4) is 0 Å². The number of nitrogens with one attached hydrogen (secondary N) is 1. The number of nitrogen functional groups attached to an aromatic ring is 1. The summed E-state index contributed by atoms with van der Waals surface area (Å²) in [6.45, 7) is 1.19. The summed E-state index contributed by atoms with van der Waals surface area (Å²) >= 11 is 1.33. The van der Waals surface area contributed by atoms with Crippen LogP contribution in [-0.4, -0.2) is 22.7 Å². The molecule has 0 radical (unpaired) electrons. The van der Waals surface area contributed by atoms with Crippen LogP contribution in [0.4, 0.5) is 5.69 Å². The maximum Gasteiger partial charge on any atom is 0.263 e. The zero-order valence-corrected chi connectivity index (χ0v) is 15.7. The number of fused-ring (bicyclic) bond motifs is 4. The molecular formula is C20H20N4O2S. The van der Waals surface area contributed by atoms with Crippen LogP contribution in [0, 0.1) is 0 Å². The number of nitrogens with two attached hydrogens (primary N) is 1. The molecule has 5 rings (SSSR count). The summed E-state index contributed by atoms with van der Waals surface area (Å²) in [5.74, 6) is 0.791. The fraction of sp³-hybridized carbons (Fsp3) is 0.350. The van der Waals surface area contributed by atoms with E-state index in [1.807, 2.05) is 12.1 Å². The van der Waals surface area contributed by atoms with Crippen LogP contribution in [0.25, 0.3) is 10.2 Å². The standard InChI is InChI=1S/C20H20N4O2S/c21-17-16-13-3-1-2-4-14(13)23-24-20(16)27-18(17)19(25)22-10-11-5-6-15-12(9-11)7-8-26-15/h5-6,9H,1-4,7-8,10,21H2,(H,22,25). The van der Waals surface area contributed by atoms with Gasteiger partial charge < -0.3 is 15.8 Å². The molecule has 3 heterocycles. The lowest BCUT2D eigenvalue weighted by molar-refractivity contribution is 0.0956. The van der Waals surface area contributed by atoms with Gasteiger partial charge in [0.2, 0.25) is 0 Å². The number of hydrogen-bond acceptors (Lipinski definition) is 6. The number of hydrogen-bond donors (Lipinski definition) is 2. The third-order valence-corrected chi connectivity index (χ3v) is 6.43. The number of anilines is 1. The largest absolute Gasteiger partial charge is 0.493 e. The van der Waals surface area contributed by atoms with Gasteiger partial charge in [-0.15, -0.1) is 16.4 Å². The first kappa shape index (κ1) is 16.5. The number of amides is 1. The number of aryl methyl sites for hydroxylation is 2. The molecule has 0 bridgehead atoms. The monoisotopic (exact) mass is 380 g/mol. The lowest BCUT2D eigenvalue weighted by atomic mass is 9.94. The Bertz CT molecular complexity index is 1060. The highest BCUT2D eigenvalue weighted by Gasteiger charge is 2.23. The summed E-state index contributed by atoms with van der Waals surface area (Å²) in [4.78, 5) is 14.0. The van der Waals surface area contributed by atoms with E-state index >= 15 is 0 Å². The van der Waals surface area contributed by atoms with Gasteiger partial charge in [-0.05, 0) is 48.4 Å². The van der Waals surface area contributed by atoms with E-state index < -0.39 is 0 Å². The molecule has 1 amide bonds. The predicted molar refractivity (Wildman–Crippen MR) is 105 cm³/mol. The Morgan fingerprint density at radius 2 is 2.11 bits per heavy atom. The molecule has 1 aromatic carbocycles. The minimum absolute atomic E-state index is 0.156. The SMILES string of the molecule is Nc1c(C(=O)NCc2ccc3c(c2)CCO3)sc2nnc3c(c12)CCCC3. The topological polar surface area (TPSA) is 90.1 Å². The van der Waals surface area contributed by atoms with Crippen molar-refractivity contribution >= 4 is 33.1 Å². The average Bonchev–Trinajstić information content (AvgIpc) is 3.30. The van der Waals surface area contributed by atoms with E-state index in [9.17, 15) is 4.79 Å². The molecule has 7 heteroatoms.